The van der Waals surface area contributed by atoms with Crippen molar-refractivity contribution in [2.75, 3.05) is 5.32 Å². The number of fused-ring (bicyclic) bond motifs is 1. The van der Waals surface area contributed by atoms with E-state index in [0.29, 0.717) is 16.8 Å². The van der Waals surface area contributed by atoms with Crippen LogP contribution in [0.25, 0.3) is 10.9 Å². The molecule has 0 aliphatic carbocycles. The SMILES string of the molecule is C[C@@H](OC(=O)c1c[nH]c2ccccc12)C(=O)c1ccc(NC(=O)C(C)(C)C)cc1. The number of aromatic nitrogens is 1. The molecule has 0 fully saturated rings. The Bertz CT molecular complexity index is 1060. The Labute approximate surface area is 169 Å². The van der Waals surface area contributed by atoms with Crippen LogP contribution >= 0.6 is 0 Å². The highest BCUT2D eigenvalue weighted by atomic mass is 16.5. The average Bonchev–Trinajstić information content (AvgIpc) is 3.11. The molecule has 2 aromatic carbocycles. The maximum atomic E-state index is 12.6. The number of Topliss-reactive ketones (excluding diaryl/α,β-unsaturated/α-hetero) is 1. The summed E-state index contributed by atoms with van der Waals surface area (Å²) in [6, 6.07) is 13.9. The van der Waals surface area contributed by atoms with Gasteiger partial charge in [0.1, 0.15) is 0 Å². The molecule has 0 saturated heterocycles. The maximum absolute atomic E-state index is 12.6. The van der Waals surface area contributed by atoms with E-state index in [0.717, 1.165) is 10.9 Å². The van der Waals surface area contributed by atoms with Crippen molar-refractivity contribution < 1.29 is 19.1 Å². The third-order valence-corrected chi connectivity index (χ3v) is 4.57. The number of rotatable bonds is 5. The van der Waals surface area contributed by atoms with Crippen molar-refractivity contribution in [3.63, 3.8) is 0 Å². The molecule has 0 unspecified atom stereocenters. The Balaban J connectivity index is 1.67. The number of benzene rings is 2. The molecular formula is C23H24N2O4. The number of esters is 1. The topological polar surface area (TPSA) is 88.3 Å². The van der Waals surface area contributed by atoms with Crippen molar-refractivity contribution in [3.8, 4) is 0 Å². The van der Waals surface area contributed by atoms with E-state index in [1.165, 1.54) is 0 Å². The normalized spacial score (nSPS) is 12.4. The van der Waals surface area contributed by atoms with Gasteiger partial charge >= 0.3 is 5.97 Å². The van der Waals surface area contributed by atoms with Gasteiger partial charge in [0.25, 0.3) is 0 Å². The van der Waals surface area contributed by atoms with Crippen molar-refractivity contribution in [2.45, 2.75) is 33.8 Å². The lowest BCUT2D eigenvalue weighted by atomic mass is 9.95. The van der Waals surface area contributed by atoms with Gasteiger partial charge in [0.05, 0.1) is 5.56 Å². The molecule has 3 aromatic rings. The molecule has 2 N–H and O–H groups in total. The monoisotopic (exact) mass is 392 g/mol. The first-order valence-electron chi connectivity index (χ1n) is 9.39. The summed E-state index contributed by atoms with van der Waals surface area (Å²) in [6.07, 6.45) is 0.642. The first-order chi connectivity index (χ1) is 13.7. The lowest BCUT2D eigenvalue weighted by molar-refractivity contribution is -0.123. The van der Waals surface area contributed by atoms with E-state index >= 15 is 0 Å². The zero-order chi connectivity index (χ0) is 21.2. The second-order valence-electron chi connectivity index (χ2n) is 7.94. The molecule has 150 valence electrons. The van der Waals surface area contributed by atoms with Gasteiger partial charge in [-0.2, -0.15) is 0 Å². The van der Waals surface area contributed by atoms with Crippen LogP contribution in [0.4, 0.5) is 5.69 Å². The fraction of sp³-hybridized carbons (Fsp3) is 0.261. The third-order valence-electron chi connectivity index (χ3n) is 4.57. The number of hydrogen-bond donors (Lipinski definition) is 2. The molecule has 1 aromatic heterocycles. The van der Waals surface area contributed by atoms with Crippen molar-refractivity contribution in [2.24, 2.45) is 5.41 Å². The number of hydrogen-bond acceptors (Lipinski definition) is 4. The number of para-hydroxylation sites is 1. The van der Waals surface area contributed by atoms with Crippen LogP contribution in [0.3, 0.4) is 0 Å². The van der Waals surface area contributed by atoms with E-state index in [9.17, 15) is 14.4 Å². The fourth-order valence-corrected chi connectivity index (χ4v) is 2.79. The minimum Gasteiger partial charge on any atom is -0.451 e. The Kier molecular flexibility index (Phi) is 5.55. The molecule has 29 heavy (non-hydrogen) atoms. The van der Waals surface area contributed by atoms with Crippen LogP contribution in [0.2, 0.25) is 0 Å². The number of carbonyl (C=O) groups excluding carboxylic acids is 3. The van der Waals surface area contributed by atoms with Crippen LogP contribution in [0.1, 0.15) is 48.4 Å². The summed E-state index contributed by atoms with van der Waals surface area (Å²) in [7, 11) is 0. The summed E-state index contributed by atoms with van der Waals surface area (Å²) in [6.45, 7) is 7.02. The molecule has 0 aliphatic heterocycles. The highest BCUT2D eigenvalue weighted by Crippen LogP contribution is 2.21. The van der Waals surface area contributed by atoms with E-state index in [1.54, 1.807) is 37.4 Å². The Morgan fingerprint density at radius 3 is 2.31 bits per heavy atom. The van der Waals surface area contributed by atoms with Crippen LogP contribution in [0.5, 0.6) is 0 Å². The lowest BCUT2D eigenvalue weighted by Crippen LogP contribution is -2.27. The fourth-order valence-electron chi connectivity index (χ4n) is 2.79. The van der Waals surface area contributed by atoms with Gasteiger partial charge in [0.2, 0.25) is 11.7 Å². The molecule has 1 atom stereocenters. The number of ether oxygens (including phenoxy) is 1. The van der Waals surface area contributed by atoms with Gasteiger partial charge in [-0.25, -0.2) is 4.79 Å². The Morgan fingerprint density at radius 2 is 1.66 bits per heavy atom. The summed E-state index contributed by atoms with van der Waals surface area (Å²) in [5.74, 6) is -0.984. The molecule has 6 heteroatoms. The van der Waals surface area contributed by atoms with Crippen molar-refractivity contribution in [3.05, 3.63) is 65.9 Å². The first kappa shape index (κ1) is 20.3. The number of anilines is 1. The molecule has 0 bridgehead atoms. The standard InChI is InChI=1S/C23H24N2O4/c1-14(29-21(27)18-13-24-19-8-6-5-7-17(18)19)20(26)15-9-11-16(12-10-15)25-22(28)23(2,3)4/h5-14,24H,1-4H3,(H,25,28)/t14-/m1/s1. The number of amides is 1. The van der Waals surface area contributed by atoms with Crippen molar-refractivity contribution in [1.29, 1.82) is 0 Å². The smallest absolute Gasteiger partial charge is 0.341 e. The number of nitrogens with one attached hydrogen (secondary N) is 2. The van der Waals surface area contributed by atoms with Crippen molar-refractivity contribution in [1.82, 2.24) is 4.98 Å². The zero-order valence-corrected chi connectivity index (χ0v) is 16.9. The highest BCUT2D eigenvalue weighted by Gasteiger charge is 2.23. The third kappa shape index (κ3) is 4.54. The average molecular weight is 392 g/mol. The van der Waals surface area contributed by atoms with Gasteiger partial charge in [-0.15, -0.1) is 0 Å². The molecule has 1 amide bonds. The number of H-pyrrole nitrogens is 1. The minimum absolute atomic E-state index is 0.113. The summed E-state index contributed by atoms with van der Waals surface area (Å²) >= 11 is 0. The predicted octanol–water partition coefficient (Wildman–Crippen LogP) is 4.58. The van der Waals surface area contributed by atoms with Crippen molar-refractivity contribution >= 4 is 34.3 Å². The molecule has 3 rings (SSSR count). The van der Waals surface area contributed by atoms with E-state index in [1.807, 2.05) is 45.0 Å². The Hall–Kier alpha value is -3.41. The zero-order valence-electron chi connectivity index (χ0n) is 16.9. The summed E-state index contributed by atoms with van der Waals surface area (Å²) in [5, 5.41) is 3.55. The van der Waals surface area contributed by atoms with E-state index in [-0.39, 0.29) is 11.7 Å². The van der Waals surface area contributed by atoms with Crippen LogP contribution in [0.15, 0.2) is 54.7 Å². The number of aromatic amines is 1. The number of ketones is 1. The molecule has 1 heterocycles. The second kappa shape index (κ2) is 7.91. The van der Waals surface area contributed by atoms with Crippen LogP contribution in [0, 0.1) is 5.41 Å². The minimum atomic E-state index is -0.939. The van der Waals surface area contributed by atoms with Gasteiger partial charge in [-0.1, -0.05) is 39.0 Å². The molecule has 0 saturated carbocycles. The largest absolute Gasteiger partial charge is 0.451 e. The van der Waals surface area contributed by atoms with E-state index < -0.39 is 17.5 Å². The summed E-state index contributed by atoms with van der Waals surface area (Å²) in [4.78, 5) is 40.2. The van der Waals surface area contributed by atoms with Gasteiger partial charge in [-0.3, -0.25) is 9.59 Å². The van der Waals surface area contributed by atoms with Crippen LogP contribution in [-0.2, 0) is 9.53 Å². The van der Waals surface area contributed by atoms with E-state index in [4.69, 9.17) is 4.74 Å². The molecule has 6 nitrogen and oxygen atoms in total. The van der Waals surface area contributed by atoms with E-state index in [2.05, 4.69) is 10.3 Å². The maximum Gasteiger partial charge on any atom is 0.341 e. The highest BCUT2D eigenvalue weighted by molar-refractivity contribution is 6.06. The predicted molar refractivity (Wildman–Crippen MR) is 112 cm³/mol. The molecule has 0 radical (unpaired) electrons. The summed E-state index contributed by atoms with van der Waals surface area (Å²) in [5.41, 5.74) is 1.70. The lowest BCUT2D eigenvalue weighted by Gasteiger charge is -2.18. The van der Waals surface area contributed by atoms with Gasteiger partial charge in [0.15, 0.2) is 6.10 Å². The van der Waals surface area contributed by atoms with Crippen LogP contribution < -0.4 is 5.32 Å². The summed E-state index contributed by atoms with van der Waals surface area (Å²) < 4.78 is 5.38. The second-order valence-corrected chi connectivity index (χ2v) is 7.94. The Morgan fingerprint density at radius 1 is 1.00 bits per heavy atom. The molecular weight excluding hydrogens is 368 g/mol. The van der Waals surface area contributed by atoms with Gasteiger partial charge in [0, 0.05) is 33.8 Å². The van der Waals surface area contributed by atoms with Gasteiger partial charge < -0.3 is 15.0 Å². The molecule has 0 aliphatic rings. The van der Waals surface area contributed by atoms with Crippen LogP contribution in [-0.4, -0.2) is 28.7 Å². The van der Waals surface area contributed by atoms with Gasteiger partial charge in [-0.05, 0) is 37.3 Å². The quantitative estimate of drug-likeness (QED) is 0.491. The first-order valence-corrected chi connectivity index (χ1v) is 9.39. The molecule has 0 spiro atoms. The number of carbonyl (C=O) groups is 3.